The lowest BCUT2D eigenvalue weighted by atomic mass is 9.79. The molecule has 1 amide bonds. The Bertz CT molecular complexity index is 710. The van der Waals surface area contributed by atoms with Crippen molar-refractivity contribution in [2.75, 3.05) is 13.1 Å². The Morgan fingerprint density at radius 2 is 2.08 bits per heavy atom. The Morgan fingerprint density at radius 1 is 1.16 bits per heavy atom. The van der Waals surface area contributed by atoms with Crippen LogP contribution in [0, 0.1) is 11.8 Å². The molecule has 2 aliphatic rings. The van der Waals surface area contributed by atoms with E-state index in [-0.39, 0.29) is 12.0 Å². The molecule has 1 saturated carbocycles. The van der Waals surface area contributed by atoms with Crippen LogP contribution in [-0.2, 0) is 11.3 Å². The third-order valence-electron chi connectivity index (χ3n) is 5.29. The molecule has 6 heteroatoms. The average molecular weight is 338 g/mol. The van der Waals surface area contributed by atoms with Crippen LogP contribution in [0.1, 0.15) is 35.3 Å². The number of likely N-dealkylation sites (tertiary alicyclic amines) is 1. The van der Waals surface area contributed by atoms with E-state index in [0.717, 1.165) is 31.5 Å². The van der Waals surface area contributed by atoms with Gasteiger partial charge in [-0.1, -0.05) is 12.5 Å². The minimum atomic E-state index is -0.0199. The van der Waals surface area contributed by atoms with Gasteiger partial charge in [-0.3, -0.25) is 14.8 Å². The third kappa shape index (κ3) is 3.54. The molecule has 2 fully saturated rings. The van der Waals surface area contributed by atoms with Gasteiger partial charge >= 0.3 is 0 Å². The zero-order chi connectivity index (χ0) is 17.1. The van der Waals surface area contributed by atoms with Crippen LogP contribution in [0.25, 0.3) is 0 Å². The van der Waals surface area contributed by atoms with Crippen LogP contribution in [-0.4, -0.2) is 45.0 Å². The summed E-state index contributed by atoms with van der Waals surface area (Å²) in [7, 11) is 0. The van der Waals surface area contributed by atoms with Gasteiger partial charge < -0.3 is 9.64 Å². The molecule has 1 aliphatic carbocycles. The van der Waals surface area contributed by atoms with Crippen molar-refractivity contribution in [3.63, 3.8) is 0 Å². The molecule has 2 aromatic rings. The second-order valence-corrected chi connectivity index (χ2v) is 6.87. The number of hydrogen-bond donors (Lipinski definition) is 0. The Kier molecular flexibility index (Phi) is 4.70. The third-order valence-corrected chi connectivity index (χ3v) is 5.29. The summed E-state index contributed by atoms with van der Waals surface area (Å²) in [6, 6.07) is 3.96. The molecule has 2 aromatic heterocycles. The summed E-state index contributed by atoms with van der Waals surface area (Å²) in [5, 5.41) is 0. The minimum absolute atomic E-state index is 0.0199. The quantitative estimate of drug-likeness (QED) is 0.856. The summed E-state index contributed by atoms with van der Waals surface area (Å²) in [6.45, 7) is 2.13. The minimum Gasteiger partial charge on any atom is -0.373 e. The number of carbonyl (C=O) groups excluding carboxylic acids is 1. The van der Waals surface area contributed by atoms with E-state index >= 15 is 0 Å². The highest BCUT2D eigenvalue weighted by molar-refractivity contribution is 5.92. The normalized spacial score (nSPS) is 25.6. The number of fused-ring (bicyclic) bond motifs is 1. The van der Waals surface area contributed by atoms with Crippen LogP contribution >= 0.6 is 0 Å². The lowest BCUT2D eigenvalue weighted by Crippen LogP contribution is -2.34. The standard InChI is InChI=1S/C19H22N4O2/c24-19(17-10-21-7-8-22-17)23-11-15-4-1-5-18(16(15)12-23)25-13-14-3-2-6-20-9-14/h2-3,6-10,15-16,18H,1,4-5,11-13H2/t15-,16+,18?/m1/s1. The van der Waals surface area contributed by atoms with Crippen LogP contribution in [0.4, 0.5) is 0 Å². The van der Waals surface area contributed by atoms with E-state index in [2.05, 4.69) is 15.0 Å². The molecule has 0 bridgehead atoms. The molecule has 0 aromatic carbocycles. The van der Waals surface area contributed by atoms with E-state index in [1.807, 2.05) is 23.2 Å². The molecule has 0 radical (unpaired) electrons. The molecule has 1 saturated heterocycles. The first-order chi connectivity index (χ1) is 12.3. The van der Waals surface area contributed by atoms with Gasteiger partial charge in [0.1, 0.15) is 5.69 Å². The fourth-order valence-electron chi connectivity index (χ4n) is 4.05. The number of ether oxygens (including phenoxy) is 1. The Balaban J connectivity index is 1.41. The van der Waals surface area contributed by atoms with Crippen LogP contribution in [0.2, 0.25) is 0 Å². The fourth-order valence-corrected chi connectivity index (χ4v) is 4.05. The number of aromatic nitrogens is 3. The molecule has 0 N–H and O–H groups in total. The van der Waals surface area contributed by atoms with E-state index in [4.69, 9.17) is 4.74 Å². The van der Waals surface area contributed by atoms with Gasteiger partial charge in [0.2, 0.25) is 0 Å². The van der Waals surface area contributed by atoms with Crippen LogP contribution < -0.4 is 0 Å². The maximum atomic E-state index is 12.7. The van der Waals surface area contributed by atoms with Crippen molar-refractivity contribution in [3.05, 3.63) is 54.4 Å². The SMILES string of the molecule is O=C(c1cnccn1)N1C[C@H]2CCCC(OCc3cccnc3)[C@H]2C1. The van der Waals surface area contributed by atoms with Gasteiger partial charge in [0.25, 0.3) is 5.91 Å². The molecule has 130 valence electrons. The van der Waals surface area contributed by atoms with E-state index in [1.165, 1.54) is 6.42 Å². The molecule has 1 aliphatic heterocycles. The lowest BCUT2D eigenvalue weighted by Gasteiger charge is -2.32. The largest absolute Gasteiger partial charge is 0.373 e. The van der Waals surface area contributed by atoms with E-state index in [9.17, 15) is 4.79 Å². The van der Waals surface area contributed by atoms with Gasteiger partial charge in [-0.05, 0) is 30.4 Å². The second-order valence-electron chi connectivity index (χ2n) is 6.87. The van der Waals surface area contributed by atoms with Gasteiger partial charge in [0, 0.05) is 43.8 Å². The van der Waals surface area contributed by atoms with E-state index in [0.29, 0.717) is 24.1 Å². The Hall–Kier alpha value is -2.34. The Labute approximate surface area is 147 Å². The van der Waals surface area contributed by atoms with Gasteiger partial charge in [-0.2, -0.15) is 0 Å². The van der Waals surface area contributed by atoms with E-state index < -0.39 is 0 Å². The monoisotopic (exact) mass is 338 g/mol. The number of carbonyl (C=O) groups is 1. The number of amides is 1. The summed E-state index contributed by atoms with van der Waals surface area (Å²) < 4.78 is 6.21. The molecule has 3 heterocycles. The highest BCUT2D eigenvalue weighted by Gasteiger charge is 2.42. The van der Waals surface area contributed by atoms with Gasteiger partial charge in [-0.15, -0.1) is 0 Å². The average Bonchev–Trinajstić information content (AvgIpc) is 3.12. The first kappa shape index (κ1) is 16.1. The highest BCUT2D eigenvalue weighted by Crippen LogP contribution is 2.38. The predicted molar refractivity (Wildman–Crippen MR) is 91.6 cm³/mol. The maximum absolute atomic E-state index is 12.7. The summed E-state index contributed by atoms with van der Waals surface area (Å²) in [5.74, 6) is 0.910. The topological polar surface area (TPSA) is 68.2 Å². The number of hydrogen-bond acceptors (Lipinski definition) is 5. The summed E-state index contributed by atoms with van der Waals surface area (Å²) in [4.78, 5) is 26.9. The van der Waals surface area contributed by atoms with Gasteiger partial charge in [0.05, 0.1) is 18.9 Å². The Morgan fingerprint density at radius 3 is 2.88 bits per heavy atom. The lowest BCUT2D eigenvalue weighted by molar-refractivity contribution is -0.0293. The summed E-state index contributed by atoms with van der Waals surface area (Å²) >= 11 is 0. The van der Waals surface area contributed by atoms with Crippen molar-refractivity contribution in [2.45, 2.75) is 32.0 Å². The fraction of sp³-hybridized carbons (Fsp3) is 0.474. The molecule has 4 rings (SSSR count). The zero-order valence-corrected chi connectivity index (χ0v) is 14.1. The molecule has 25 heavy (non-hydrogen) atoms. The van der Waals surface area contributed by atoms with Crippen molar-refractivity contribution in [2.24, 2.45) is 11.8 Å². The smallest absolute Gasteiger partial charge is 0.274 e. The first-order valence-electron chi connectivity index (χ1n) is 8.87. The van der Waals surface area contributed by atoms with Gasteiger partial charge in [0.15, 0.2) is 0 Å². The van der Waals surface area contributed by atoms with Crippen molar-refractivity contribution in [3.8, 4) is 0 Å². The zero-order valence-electron chi connectivity index (χ0n) is 14.1. The summed E-state index contributed by atoms with van der Waals surface area (Å²) in [5.41, 5.74) is 1.52. The number of pyridine rings is 1. The predicted octanol–water partition coefficient (Wildman–Crippen LogP) is 2.33. The molecule has 1 unspecified atom stereocenters. The van der Waals surface area contributed by atoms with Crippen molar-refractivity contribution < 1.29 is 9.53 Å². The number of rotatable bonds is 4. The molecule has 3 atom stereocenters. The van der Waals surface area contributed by atoms with E-state index in [1.54, 1.807) is 24.8 Å². The van der Waals surface area contributed by atoms with Gasteiger partial charge in [-0.25, -0.2) is 4.98 Å². The second kappa shape index (κ2) is 7.27. The highest BCUT2D eigenvalue weighted by atomic mass is 16.5. The first-order valence-corrected chi connectivity index (χ1v) is 8.87. The molecule has 0 spiro atoms. The molecular weight excluding hydrogens is 316 g/mol. The van der Waals surface area contributed by atoms with Crippen molar-refractivity contribution in [1.82, 2.24) is 19.9 Å². The molecule has 6 nitrogen and oxygen atoms in total. The van der Waals surface area contributed by atoms with Crippen LogP contribution in [0.5, 0.6) is 0 Å². The summed E-state index contributed by atoms with van der Waals surface area (Å²) in [6.07, 6.45) is 11.9. The maximum Gasteiger partial charge on any atom is 0.274 e. The van der Waals surface area contributed by atoms with Crippen molar-refractivity contribution >= 4 is 5.91 Å². The molecular formula is C19H22N4O2. The van der Waals surface area contributed by atoms with Crippen LogP contribution in [0.3, 0.4) is 0 Å². The number of nitrogens with zero attached hydrogens (tertiary/aromatic N) is 4. The van der Waals surface area contributed by atoms with Crippen molar-refractivity contribution in [1.29, 1.82) is 0 Å². The van der Waals surface area contributed by atoms with Crippen LogP contribution in [0.15, 0.2) is 43.1 Å².